The largest absolute Gasteiger partial charge is 0.443 e. The smallest absolute Gasteiger partial charge is 0.419 e. The number of rotatable bonds is 10. The highest BCUT2D eigenvalue weighted by atomic mass is 35.7. The third kappa shape index (κ3) is 15.2. The monoisotopic (exact) mass is 1000 g/mol. The minimum Gasteiger partial charge on any atom is -0.443 e. The van der Waals surface area contributed by atoms with Gasteiger partial charge in [-0.3, -0.25) is 18.9 Å². The molecule has 2 N–H and O–H groups in total. The number of aromatic nitrogens is 2. The van der Waals surface area contributed by atoms with Crippen LogP contribution in [-0.4, -0.2) is 96.8 Å². The van der Waals surface area contributed by atoms with Crippen LogP contribution in [-0.2, 0) is 47.2 Å². The predicted octanol–water partition coefficient (Wildman–Crippen LogP) is 10.9. The molecule has 0 saturated carbocycles. The second-order valence-corrected chi connectivity index (χ2v) is 25.3. The molecule has 4 aromatic carbocycles. The molecular formula is C53H68ClN5O8S2. The summed E-state index contributed by atoms with van der Waals surface area (Å²) in [7, 11) is -1.55. The molecule has 2 unspecified atom stereocenters. The molecule has 8 rings (SSSR count). The molecule has 2 aliphatic rings. The topological polar surface area (TPSA) is 163 Å². The summed E-state index contributed by atoms with van der Waals surface area (Å²) in [6, 6.07) is 32.2. The van der Waals surface area contributed by atoms with Crippen molar-refractivity contribution in [3.63, 3.8) is 0 Å². The van der Waals surface area contributed by atoms with Gasteiger partial charge in [-0.05, 0) is 131 Å². The molecular weight excluding hydrogens is 934 g/mol. The molecule has 2 aromatic heterocycles. The lowest BCUT2D eigenvalue weighted by Crippen LogP contribution is -2.26. The maximum atomic E-state index is 12.8. The summed E-state index contributed by atoms with van der Waals surface area (Å²) >= 11 is 0. The fraction of sp³-hybridized carbons (Fsp3) is 0.434. The lowest BCUT2D eigenvalue weighted by Gasteiger charge is -2.19. The van der Waals surface area contributed by atoms with Crippen LogP contribution < -0.4 is 5.73 Å². The summed E-state index contributed by atoms with van der Waals surface area (Å²) in [4.78, 5) is 30.4. The van der Waals surface area contributed by atoms with E-state index in [1.807, 2.05) is 115 Å². The normalized spacial score (nSPS) is 17.0. The van der Waals surface area contributed by atoms with Crippen molar-refractivity contribution in [2.24, 2.45) is 0 Å². The maximum absolute atomic E-state index is 12.8. The Morgan fingerprint density at radius 3 is 1.49 bits per heavy atom. The van der Waals surface area contributed by atoms with Gasteiger partial charge in [-0.25, -0.2) is 26.4 Å². The van der Waals surface area contributed by atoms with Gasteiger partial charge in [0.25, 0.3) is 0 Å². The van der Waals surface area contributed by atoms with E-state index in [2.05, 4.69) is 56.9 Å². The van der Waals surface area contributed by atoms with E-state index in [-0.39, 0.29) is 29.4 Å². The Labute approximate surface area is 412 Å². The number of halogens is 1. The quantitative estimate of drug-likeness (QED) is 0.103. The fourth-order valence-electron chi connectivity index (χ4n) is 8.76. The number of hydrogen-bond acceptors (Lipinski definition) is 11. The van der Waals surface area contributed by atoms with E-state index in [0.717, 1.165) is 96.3 Å². The van der Waals surface area contributed by atoms with Crippen molar-refractivity contribution in [3.05, 3.63) is 137 Å². The van der Waals surface area contributed by atoms with Gasteiger partial charge in [0.1, 0.15) is 11.2 Å². The van der Waals surface area contributed by atoms with Gasteiger partial charge in [-0.15, -0.1) is 0 Å². The van der Waals surface area contributed by atoms with Gasteiger partial charge in [0.15, 0.2) is 9.84 Å². The van der Waals surface area contributed by atoms with Crippen LogP contribution >= 0.6 is 10.7 Å². The number of likely N-dealkylation sites (tertiary alicyclic amines) is 2. The van der Waals surface area contributed by atoms with Crippen molar-refractivity contribution in [1.29, 1.82) is 0 Å². The van der Waals surface area contributed by atoms with Gasteiger partial charge in [0, 0.05) is 71.5 Å². The molecule has 0 radical (unpaired) electrons. The number of nitrogens with zero attached hydrogens (tertiary/aromatic N) is 4. The first-order valence-electron chi connectivity index (χ1n) is 23.6. The molecule has 4 heterocycles. The van der Waals surface area contributed by atoms with Crippen LogP contribution in [0.5, 0.6) is 0 Å². The van der Waals surface area contributed by atoms with Crippen LogP contribution in [0.2, 0.25) is 0 Å². The summed E-state index contributed by atoms with van der Waals surface area (Å²) < 4.78 is 58.1. The molecule has 16 heteroatoms. The Morgan fingerprint density at radius 2 is 1.07 bits per heavy atom. The standard InChI is InChI=1S/C27H34N2O4S.C24H29N3O2.C2H5ClO2S/c1-5-34(31,32)19-20-9-8-10-21(15-20)22-13-14-28(16-22)17-23-18-29(26(30)33-27(2,3)4)25-12-7-6-11-24(23)25;1-24(2,3)29-23(28)27-16-19(21-9-4-5-10-22(21)27)15-26-12-11-18(14-26)17-7-6-8-20(25)13-17;1-2-6(3,4)5/h6-12,15,18,22H,5,13-14,16-17,19H2,1-4H3;4-10,13,16,18H,11-12,14-15,25H2,1-3H3;2H2,1H3. The molecule has 0 aliphatic carbocycles. The first-order valence-corrected chi connectivity index (χ1v) is 27.9. The molecule has 2 saturated heterocycles. The molecule has 0 bridgehead atoms. The van der Waals surface area contributed by atoms with Gasteiger partial charge in [0.05, 0.1) is 22.5 Å². The Hall–Kier alpha value is -5.19. The Morgan fingerprint density at radius 1 is 0.638 bits per heavy atom. The number of nitrogens with two attached hydrogens (primary N) is 1. The van der Waals surface area contributed by atoms with Crippen molar-refractivity contribution in [2.45, 2.75) is 110 Å². The molecule has 0 amide bonds. The lowest BCUT2D eigenvalue weighted by molar-refractivity contribution is 0.0532. The van der Waals surface area contributed by atoms with E-state index < -0.39 is 30.1 Å². The number of carbonyl (C=O) groups is 2. The number of carbonyl (C=O) groups excluding carboxylic acids is 2. The zero-order valence-corrected chi connectivity index (χ0v) is 43.5. The van der Waals surface area contributed by atoms with Gasteiger partial charge < -0.3 is 15.2 Å². The zero-order chi connectivity index (χ0) is 50.3. The highest BCUT2D eigenvalue weighted by Gasteiger charge is 2.28. The Balaban J connectivity index is 0.000000205. The summed E-state index contributed by atoms with van der Waals surface area (Å²) in [5, 5.41) is 2.16. The van der Waals surface area contributed by atoms with Crippen LogP contribution in [0, 0.1) is 0 Å². The second kappa shape index (κ2) is 22.3. The lowest BCUT2D eigenvalue weighted by atomic mass is 9.97. The SMILES string of the molecule is CC(C)(C)OC(=O)n1cc(CN2CCC(c3cccc(N)c3)C2)c2ccccc21.CCS(=O)(=O)Cc1cccc(C2CCN(Cc3cn(C(=O)OC(C)(C)C)c4ccccc34)C2)c1.CCS(=O)(=O)Cl. The van der Waals surface area contributed by atoms with Gasteiger partial charge in [0.2, 0.25) is 9.05 Å². The highest BCUT2D eigenvalue weighted by molar-refractivity contribution is 8.13. The molecule has 2 aliphatic heterocycles. The van der Waals surface area contributed by atoms with E-state index in [1.54, 1.807) is 16.1 Å². The fourth-order valence-corrected chi connectivity index (χ4v) is 9.65. The van der Waals surface area contributed by atoms with Gasteiger partial charge in [-0.2, -0.15) is 0 Å². The van der Waals surface area contributed by atoms with Crippen molar-refractivity contribution in [1.82, 2.24) is 18.9 Å². The minimum absolute atomic E-state index is 0.00849. The number of sulfone groups is 1. The molecule has 372 valence electrons. The molecule has 69 heavy (non-hydrogen) atoms. The van der Waals surface area contributed by atoms with Crippen molar-refractivity contribution in [2.75, 3.05) is 43.4 Å². The van der Waals surface area contributed by atoms with E-state index >= 15 is 0 Å². The van der Waals surface area contributed by atoms with Crippen molar-refractivity contribution >= 4 is 69.3 Å². The maximum Gasteiger partial charge on any atom is 0.419 e. The average Bonchev–Trinajstić information content (AvgIpc) is 4.09. The summed E-state index contributed by atoms with van der Waals surface area (Å²) in [5.74, 6) is 1.12. The van der Waals surface area contributed by atoms with E-state index in [1.165, 1.54) is 18.1 Å². The predicted molar refractivity (Wildman–Crippen MR) is 278 cm³/mol. The molecule has 0 spiro atoms. The van der Waals surface area contributed by atoms with E-state index in [9.17, 15) is 26.4 Å². The third-order valence-electron chi connectivity index (χ3n) is 12.1. The van der Waals surface area contributed by atoms with Crippen LogP contribution in [0.25, 0.3) is 21.8 Å². The molecule has 6 aromatic rings. The van der Waals surface area contributed by atoms with Crippen LogP contribution in [0.4, 0.5) is 15.3 Å². The third-order valence-corrected chi connectivity index (χ3v) is 15.1. The first-order chi connectivity index (χ1) is 32.4. The zero-order valence-electron chi connectivity index (χ0n) is 41.2. The van der Waals surface area contributed by atoms with Crippen LogP contribution in [0.3, 0.4) is 0 Å². The van der Waals surface area contributed by atoms with Gasteiger partial charge >= 0.3 is 12.2 Å². The Kier molecular flexibility index (Phi) is 17.2. The van der Waals surface area contributed by atoms with Crippen molar-refractivity contribution < 1.29 is 35.9 Å². The first kappa shape index (κ1) is 53.2. The van der Waals surface area contributed by atoms with E-state index in [4.69, 9.17) is 15.2 Å². The summed E-state index contributed by atoms with van der Waals surface area (Å²) in [6.45, 7) is 19.9. The van der Waals surface area contributed by atoms with Crippen molar-refractivity contribution in [3.8, 4) is 0 Å². The minimum atomic E-state index is -3.19. The number of benzene rings is 4. The number of para-hydroxylation sites is 2. The Bertz CT molecular complexity index is 2970. The summed E-state index contributed by atoms with van der Waals surface area (Å²) in [5.41, 5.74) is 13.1. The second-order valence-electron chi connectivity index (χ2n) is 19.9. The molecule has 13 nitrogen and oxygen atoms in total. The average molecular weight is 1000 g/mol. The van der Waals surface area contributed by atoms with Crippen LogP contribution in [0.1, 0.15) is 108 Å². The number of fused-ring (bicyclic) bond motifs is 2. The number of anilines is 1. The number of nitrogen functional groups attached to an aromatic ring is 1. The number of ether oxygens (including phenoxy) is 2. The van der Waals surface area contributed by atoms with Gasteiger partial charge in [-0.1, -0.05) is 86.6 Å². The van der Waals surface area contributed by atoms with E-state index in [0.29, 0.717) is 11.8 Å². The summed E-state index contributed by atoms with van der Waals surface area (Å²) in [6.07, 6.45) is 5.28. The highest BCUT2D eigenvalue weighted by Crippen LogP contribution is 2.33. The molecule has 2 atom stereocenters. The molecule has 2 fully saturated rings. The van der Waals surface area contributed by atoms with Crippen LogP contribution in [0.15, 0.2) is 109 Å². The number of hydrogen-bond donors (Lipinski definition) is 1.